The summed E-state index contributed by atoms with van der Waals surface area (Å²) < 4.78 is 5.05. The molecule has 6 heteroatoms. The first kappa shape index (κ1) is 15.5. The highest BCUT2D eigenvalue weighted by molar-refractivity contribution is 5.79. The topological polar surface area (TPSA) is 66.1 Å². The molecule has 2 aliphatic heterocycles. The van der Waals surface area contributed by atoms with Gasteiger partial charge in [0.2, 0.25) is 5.96 Å². The second-order valence-corrected chi connectivity index (χ2v) is 5.84. The molecule has 2 atom stereocenters. The van der Waals surface area contributed by atoms with Gasteiger partial charge >= 0.3 is 0 Å². The van der Waals surface area contributed by atoms with E-state index in [1.165, 1.54) is 25.8 Å². The molecule has 0 saturated carbocycles. The van der Waals surface area contributed by atoms with E-state index in [1.54, 1.807) is 7.11 Å². The number of ether oxygens (including phenoxy) is 1. The summed E-state index contributed by atoms with van der Waals surface area (Å²) in [7, 11) is 1.72. The number of rotatable bonds is 4. The summed E-state index contributed by atoms with van der Waals surface area (Å²) >= 11 is 0. The molecule has 0 spiro atoms. The van der Waals surface area contributed by atoms with Crippen molar-refractivity contribution in [1.82, 2.24) is 15.2 Å². The molecule has 0 aliphatic carbocycles. The molecule has 0 aromatic heterocycles. The number of aliphatic imine (C=N–C) groups is 1. The maximum Gasteiger partial charge on any atom is 0.208 e. The smallest absolute Gasteiger partial charge is 0.208 e. The van der Waals surface area contributed by atoms with Crippen molar-refractivity contribution < 1.29 is 4.74 Å². The molecule has 2 fully saturated rings. The van der Waals surface area contributed by atoms with E-state index in [4.69, 9.17) is 10.6 Å². The van der Waals surface area contributed by atoms with Crippen LogP contribution in [0, 0.1) is 0 Å². The monoisotopic (exact) mass is 283 g/mol. The number of nitrogens with one attached hydrogen (secondary N) is 1. The number of guanidine groups is 1. The van der Waals surface area contributed by atoms with E-state index in [0.29, 0.717) is 12.1 Å². The highest BCUT2D eigenvalue weighted by Crippen LogP contribution is 2.23. The second-order valence-electron chi connectivity index (χ2n) is 5.84. The SMILES string of the molecule is COCCCN=C(NN)N1CC2CCCCN2CC1C. The van der Waals surface area contributed by atoms with Crippen molar-refractivity contribution >= 4 is 5.96 Å². The van der Waals surface area contributed by atoms with Crippen molar-refractivity contribution in [1.29, 1.82) is 0 Å². The molecule has 3 N–H and O–H groups in total. The lowest BCUT2D eigenvalue weighted by molar-refractivity contribution is 0.0484. The third-order valence-electron chi connectivity index (χ3n) is 4.36. The molecule has 20 heavy (non-hydrogen) atoms. The summed E-state index contributed by atoms with van der Waals surface area (Å²) in [6, 6.07) is 1.12. The second kappa shape index (κ2) is 7.81. The number of piperazine rings is 1. The summed E-state index contributed by atoms with van der Waals surface area (Å²) in [5.41, 5.74) is 2.79. The zero-order chi connectivity index (χ0) is 14.4. The van der Waals surface area contributed by atoms with Gasteiger partial charge in [0.25, 0.3) is 0 Å². The lowest BCUT2D eigenvalue weighted by Crippen LogP contribution is -2.62. The maximum atomic E-state index is 5.68. The molecule has 2 rings (SSSR count). The van der Waals surface area contributed by atoms with Gasteiger partial charge in [-0.15, -0.1) is 0 Å². The summed E-state index contributed by atoms with van der Waals surface area (Å²) in [5, 5.41) is 0. The van der Waals surface area contributed by atoms with Crippen molar-refractivity contribution in [2.24, 2.45) is 10.8 Å². The minimum Gasteiger partial charge on any atom is -0.385 e. The van der Waals surface area contributed by atoms with Crippen molar-refractivity contribution in [2.45, 2.75) is 44.7 Å². The Bertz CT molecular complexity index is 323. The highest BCUT2D eigenvalue weighted by Gasteiger charge is 2.34. The predicted octanol–water partition coefficient (Wildman–Crippen LogP) is 0.401. The lowest BCUT2D eigenvalue weighted by Gasteiger charge is -2.48. The Kier molecular flexibility index (Phi) is 6.06. The third kappa shape index (κ3) is 3.84. The van der Waals surface area contributed by atoms with Crippen LogP contribution >= 0.6 is 0 Å². The minimum atomic E-state index is 0.460. The Balaban J connectivity index is 1.94. The van der Waals surface area contributed by atoms with Gasteiger partial charge in [-0.25, -0.2) is 5.84 Å². The van der Waals surface area contributed by atoms with Gasteiger partial charge in [0.05, 0.1) is 0 Å². The van der Waals surface area contributed by atoms with Crippen LogP contribution in [0.25, 0.3) is 0 Å². The molecular weight excluding hydrogens is 254 g/mol. The zero-order valence-electron chi connectivity index (χ0n) is 12.8. The molecule has 0 aromatic rings. The number of piperidine rings is 1. The highest BCUT2D eigenvalue weighted by atomic mass is 16.5. The van der Waals surface area contributed by atoms with E-state index in [1.807, 2.05) is 0 Å². The van der Waals surface area contributed by atoms with Crippen LogP contribution in [0.2, 0.25) is 0 Å². The summed E-state index contributed by atoms with van der Waals surface area (Å²) in [6.07, 6.45) is 4.92. The van der Waals surface area contributed by atoms with Crippen molar-refractivity contribution in [3.63, 3.8) is 0 Å². The number of hydrogen-bond acceptors (Lipinski definition) is 4. The molecule has 0 bridgehead atoms. The molecule has 0 amide bonds. The zero-order valence-corrected chi connectivity index (χ0v) is 12.8. The number of fused-ring (bicyclic) bond motifs is 1. The van der Waals surface area contributed by atoms with E-state index in [-0.39, 0.29) is 0 Å². The normalized spacial score (nSPS) is 28.4. The van der Waals surface area contributed by atoms with Gasteiger partial charge in [-0.2, -0.15) is 0 Å². The maximum absolute atomic E-state index is 5.68. The first-order valence-electron chi connectivity index (χ1n) is 7.77. The van der Waals surface area contributed by atoms with E-state index in [2.05, 4.69) is 27.1 Å². The first-order chi connectivity index (χ1) is 9.76. The van der Waals surface area contributed by atoms with Crippen LogP contribution in [-0.2, 0) is 4.74 Å². The Hall–Kier alpha value is -0.850. The number of methoxy groups -OCH3 is 1. The van der Waals surface area contributed by atoms with E-state index in [0.717, 1.165) is 38.6 Å². The van der Waals surface area contributed by atoms with Gasteiger partial charge in [0, 0.05) is 45.4 Å². The van der Waals surface area contributed by atoms with Gasteiger partial charge in [0.1, 0.15) is 0 Å². The summed E-state index contributed by atoms with van der Waals surface area (Å²) in [6.45, 7) is 7.16. The molecular formula is C14H29N5O. The molecule has 0 radical (unpaired) electrons. The van der Waals surface area contributed by atoms with Crippen LogP contribution in [-0.4, -0.2) is 67.7 Å². The Morgan fingerprint density at radius 3 is 3.00 bits per heavy atom. The summed E-state index contributed by atoms with van der Waals surface area (Å²) in [4.78, 5) is 9.56. The molecule has 2 aliphatic rings. The average Bonchev–Trinajstić information content (AvgIpc) is 2.47. The third-order valence-corrected chi connectivity index (χ3v) is 4.36. The summed E-state index contributed by atoms with van der Waals surface area (Å²) in [5.74, 6) is 6.51. The number of nitrogens with zero attached hydrogens (tertiary/aromatic N) is 3. The molecule has 2 heterocycles. The molecule has 2 saturated heterocycles. The van der Waals surface area contributed by atoms with Crippen molar-refractivity contribution in [3.8, 4) is 0 Å². The van der Waals surface area contributed by atoms with Crippen molar-refractivity contribution in [2.75, 3.05) is 39.9 Å². The lowest BCUT2D eigenvalue weighted by atomic mass is 9.97. The molecule has 2 unspecified atom stereocenters. The van der Waals surface area contributed by atoms with Crippen LogP contribution in [0.4, 0.5) is 0 Å². The fourth-order valence-corrected chi connectivity index (χ4v) is 3.26. The Morgan fingerprint density at radius 2 is 2.25 bits per heavy atom. The number of nitrogens with two attached hydrogens (primary N) is 1. The Morgan fingerprint density at radius 1 is 1.40 bits per heavy atom. The average molecular weight is 283 g/mol. The van der Waals surface area contributed by atoms with Crippen LogP contribution in [0.5, 0.6) is 0 Å². The fraction of sp³-hybridized carbons (Fsp3) is 0.929. The van der Waals surface area contributed by atoms with Gasteiger partial charge in [0.15, 0.2) is 0 Å². The Labute approximate surface area is 122 Å². The van der Waals surface area contributed by atoms with Crippen LogP contribution in [0.3, 0.4) is 0 Å². The van der Waals surface area contributed by atoms with Crippen LogP contribution < -0.4 is 11.3 Å². The van der Waals surface area contributed by atoms with E-state index in [9.17, 15) is 0 Å². The van der Waals surface area contributed by atoms with Crippen LogP contribution in [0.1, 0.15) is 32.6 Å². The molecule has 0 aromatic carbocycles. The van der Waals surface area contributed by atoms with Gasteiger partial charge in [-0.05, 0) is 32.7 Å². The molecule has 6 nitrogen and oxygen atoms in total. The van der Waals surface area contributed by atoms with Crippen molar-refractivity contribution in [3.05, 3.63) is 0 Å². The van der Waals surface area contributed by atoms with Gasteiger partial charge < -0.3 is 9.64 Å². The predicted molar refractivity (Wildman–Crippen MR) is 81.5 cm³/mol. The largest absolute Gasteiger partial charge is 0.385 e. The number of hydrogen-bond donors (Lipinski definition) is 2. The van der Waals surface area contributed by atoms with Gasteiger partial charge in [-0.3, -0.25) is 15.3 Å². The standard InChI is InChI=1S/C14H29N5O/c1-12-10-18-8-4-3-6-13(18)11-19(12)14(17-15)16-7-5-9-20-2/h12-13H,3-11,15H2,1-2H3,(H,16,17). The van der Waals surface area contributed by atoms with E-state index < -0.39 is 0 Å². The molecule has 116 valence electrons. The van der Waals surface area contributed by atoms with E-state index >= 15 is 0 Å². The minimum absolute atomic E-state index is 0.460. The van der Waals surface area contributed by atoms with Crippen LogP contribution in [0.15, 0.2) is 4.99 Å². The quantitative estimate of drug-likeness (QED) is 0.257. The first-order valence-corrected chi connectivity index (χ1v) is 7.77. The number of hydrazine groups is 1. The van der Waals surface area contributed by atoms with Gasteiger partial charge in [-0.1, -0.05) is 6.42 Å². The fourth-order valence-electron chi connectivity index (χ4n) is 3.26.